The largest absolute Gasteiger partial charge is 0.493 e. The lowest BCUT2D eigenvalue weighted by Gasteiger charge is -2.19. The summed E-state index contributed by atoms with van der Waals surface area (Å²) in [6, 6.07) is 31.6. The van der Waals surface area contributed by atoms with Crippen LogP contribution in [0.5, 0.6) is 17.2 Å². The number of ether oxygens (including phenoxy) is 4. The first kappa shape index (κ1) is 30.0. The Balaban J connectivity index is 1.36. The van der Waals surface area contributed by atoms with Crippen LogP contribution in [0.1, 0.15) is 22.3 Å². The first-order valence-corrected chi connectivity index (χ1v) is 13.8. The Morgan fingerprint density at radius 3 is 1.95 bits per heavy atom. The van der Waals surface area contributed by atoms with Crippen LogP contribution in [0, 0.1) is 0 Å². The molecule has 0 saturated heterocycles. The van der Waals surface area contributed by atoms with Crippen LogP contribution in [-0.4, -0.2) is 38.8 Å². The molecule has 0 aromatic heterocycles. The maximum atomic E-state index is 13.2. The molecule has 0 radical (unpaired) electrons. The highest BCUT2D eigenvalue weighted by molar-refractivity contribution is 5.86. The zero-order chi connectivity index (χ0) is 29.6. The second-order valence-corrected chi connectivity index (χ2v) is 9.61. The average molecular weight is 569 g/mol. The van der Waals surface area contributed by atoms with Crippen LogP contribution in [0.3, 0.4) is 0 Å². The normalized spacial score (nSPS) is 11.2. The van der Waals surface area contributed by atoms with E-state index in [2.05, 4.69) is 10.6 Å². The molecule has 218 valence electrons. The van der Waals surface area contributed by atoms with Gasteiger partial charge in [-0.05, 0) is 52.9 Å². The van der Waals surface area contributed by atoms with Gasteiger partial charge < -0.3 is 29.6 Å². The molecule has 0 aliphatic heterocycles. The van der Waals surface area contributed by atoms with Gasteiger partial charge >= 0.3 is 6.09 Å². The maximum absolute atomic E-state index is 13.2. The second-order valence-electron chi connectivity index (χ2n) is 9.61. The number of nitrogens with one attached hydrogen (secondary N) is 2. The molecule has 4 aromatic rings. The number of alkyl carbamates (subject to hydrolysis) is 1. The molecule has 0 heterocycles. The van der Waals surface area contributed by atoms with Gasteiger partial charge in [0.1, 0.15) is 25.0 Å². The van der Waals surface area contributed by atoms with Crippen molar-refractivity contribution in [3.63, 3.8) is 0 Å². The third-order valence-electron chi connectivity index (χ3n) is 6.59. The van der Waals surface area contributed by atoms with Crippen molar-refractivity contribution >= 4 is 12.0 Å². The van der Waals surface area contributed by atoms with Gasteiger partial charge in [0, 0.05) is 13.0 Å². The molecule has 2 N–H and O–H groups in total. The standard InChI is InChI=1S/C34H36N2O6/c1-39-31-18-15-26(22-32(31)40-2)19-20-35-33(37)30(36-34(38)42-24-28-11-7-4-8-12-28)21-25-13-16-29(17-14-25)41-23-27-9-5-3-6-10-27/h3-18,22,30H,19-21,23-24H2,1-2H3,(H,35,37)(H,36,38)/t30-/m0/s1. The van der Waals surface area contributed by atoms with Gasteiger partial charge in [0.25, 0.3) is 0 Å². The van der Waals surface area contributed by atoms with Crippen molar-refractivity contribution in [2.75, 3.05) is 20.8 Å². The highest BCUT2D eigenvalue weighted by atomic mass is 16.5. The van der Waals surface area contributed by atoms with Crippen LogP contribution in [0.25, 0.3) is 0 Å². The summed E-state index contributed by atoms with van der Waals surface area (Å²) in [5.41, 5.74) is 3.77. The fourth-order valence-electron chi connectivity index (χ4n) is 4.30. The van der Waals surface area contributed by atoms with E-state index in [0.29, 0.717) is 36.8 Å². The summed E-state index contributed by atoms with van der Waals surface area (Å²) in [5.74, 6) is 1.67. The van der Waals surface area contributed by atoms with Crippen molar-refractivity contribution < 1.29 is 28.5 Å². The summed E-state index contributed by atoms with van der Waals surface area (Å²) in [5, 5.41) is 5.68. The molecule has 0 unspecified atom stereocenters. The molecule has 0 bridgehead atoms. The number of hydrogen-bond acceptors (Lipinski definition) is 6. The first-order valence-electron chi connectivity index (χ1n) is 13.8. The predicted octanol–water partition coefficient (Wildman–Crippen LogP) is 5.48. The lowest BCUT2D eigenvalue weighted by Crippen LogP contribution is -2.48. The minimum Gasteiger partial charge on any atom is -0.493 e. The van der Waals surface area contributed by atoms with E-state index in [1.807, 2.05) is 103 Å². The van der Waals surface area contributed by atoms with Crippen LogP contribution in [0.15, 0.2) is 103 Å². The number of carbonyl (C=O) groups is 2. The third kappa shape index (κ3) is 9.30. The molecule has 1 atom stereocenters. The number of carbonyl (C=O) groups excluding carboxylic acids is 2. The Bertz CT molecular complexity index is 1410. The van der Waals surface area contributed by atoms with E-state index in [0.717, 1.165) is 22.3 Å². The maximum Gasteiger partial charge on any atom is 0.408 e. The van der Waals surface area contributed by atoms with Crippen molar-refractivity contribution in [3.05, 3.63) is 125 Å². The van der Waals surface area contributed by atoms with Gasteiger partial charge in [-0.3, -0.25) is 4.79 Å². The fraction of sp³-hybridized carbons (Fsp3) is 0.235. The van der Waals surface area contributed by atoms with Gasteiger partial charge in [-0.1, -0.05) is 78.9 Å². The Labute approximate surface area is 246 Å². The molecule has 0 saturated carbocycles. The Morgan fingerprint density at radius 2 is 1.31 bits per heavy atom. The van der Waals surface area contributed by atoms with E-state index in [1.54, 1.807) is 14.2 Å². The molecule has 8 nitrogen and oxygen atoms in total. The monoisotopic (exact) mass is 568 g/mol. The van der Waals surface area contributed by atoms with Crippen molar-refractivity contribution in [2.24, 2.45) is 0 Å². The second kappa shape index (κ2) is 15.7. The zero-order valence-corrected chi connectivity index (χ0v) is 23.9. The van der Waals surface area contributed by atoms with Crippen LogP contribution in [0.4, 0.5) is 4.79 Å². The van der Waals surface area contributed by atoms with E-state index in [4.69, 9.17) is 18.9 Å². The summed E-state index contributed by atoms with van der Waals surface area (Å²) in [4.78, 5) is 25.9. The highest BCUT2D eigenvalue weighted by Crippen LogP contribution is 2.27. The van der Waals surface area contributed by atoms with Gasteiger partial charge in [-0.2, -0.15) is 0 Å². The molecule has 0 aliphatic carbocycles. The van der Waals surface area contributed by atoms with Gasteiger partial charge in [0.15, 0.2) is 11.5 Å². The Kier molecular flexibility index (Phi) is 11.2. The molecular formula is C34H36N2O6. The summed E-state index contributed by atoms with van der Waals surface area (Å²) in [7, 11) is 3.17. The predicted molar refractivity (Wildman–Crippen MR) is 161 cm³/mol. The molecule has 2 amide bonds. The lowest BCUT2D eigenvalue weighted by molar-refractivity contribution is -0.123. The van der Waals surface area contributed by atoms with E-state index in [-0.39, 0.29) is 18.9 Å². The Morgan fingerprint density at radius 1 is 0.690 bits per heavy atom. The molecule has 4 aromatic carbocycles. The third-order valence-corrected chi connectivity index (χ3v) is 6.59. The van der Waals surface area contributed by atoms with Gasteiger partial charge in [0.2, 0.25) is 5.91 Å². The smallest absolute Gasteiger partial charge is 0.408 e. The van der Waals surface area contributed by atoms with E-state index in [1.165, 1.54) is 0 Å². The van der Waals surface area contributed by atoms with E-state index in [9.17, 15) is 9.59 Å². The number of methoxy groups -OCH3 is 2. The van der Waals surface area contributed by atoms with Crippen molar-refractivity contribution in [1.29, 1.82) is 0 Å². The lowest BCUT2D eigenvalue weighted by atomic mass is 10.0. The van der Waals surface area contributed by atoms with Crippen LogP contribution in [-0.2, 0) is 35.6 Å². The van der Waals surface area contributed by atoms with Crippen molar-refractivity contribution in [1.82, 2.24) is 10.6 Å². The first-order chi connectivity index (χ1) is 20.5. The summed E-state index contributed by atoms with van der Waals surface area (Å²) >= 11 is 0. The number of benzene rings is 4. The number of rotatable bonds is 14. The molecular weight excluding hydrogens is 532 g/mol. The molecule has 42 heavy (non-hydrogen) atoms. The van der Waals surface area contributed by atoms with Crippen LogP contribution < -0.4 is 24.8 Å². The molecule has 0 spiro atoms. The van der Waals surface area contributed by atoms with E-state index >= 15 is 0 Å². The van der Waals surface area contributed by atoms with Gasteiger partial charge in [0.05, 0.1) is 14.2 Å². The zero-order valence-electron chi connectivity index (χ0n) is 23.9. The molecule has 8 heteroatoms. The molecule has 4 rings (SSSR count). The van der Waals surface area contributed by atoms with Crippen molar-refractivity contribution in [2.45, 2.75) is 32.1 Å². The van der Waals surface area contributed by atoms with Gasteiger partial charge in [-0.25, -0.2) is 4.79 Å². The summed E-state index contributed by atoms with van der Waals surface area (Å²) in [6.07, 6.45) is 0.188. The topological polar surface area (TPSA) is 95.1 Å². The minimum atomic E-state index is -0.838. The average Bonchev–Trinajstić information content (AvgIpc) is 3.04. The van der Waals surface area contributed by atoms with Gasteiger partial charge in [-0.15, -0.1) is 0 Å². The van der Waals surface area contributed by atoms with E-state index < -0.39 is 12.1 Å². The fourth-order valence-corrected chi connectivity index (χ4v) is 4.30. The Hall–Kier alpha value is -4.98. The van der Waals surface area contributed by atoms with Crippen molar-refractivity contribution in [3.8, 4) is 17.2 Å². The van der Waals surface area contributed by atoms with Crippen LogP contribution in [0.2, 0.25) is 0 Å². The number of hydrogen-bond donors (Lipinski definition) is 2. The SMILES string of the molecule is COc1ccc(CCNC(=O)[C@H](Cc2ccc(OCc3ccccc3)cc2)NC(=O)OCc2ccccc2)cc1OC. The number of amides is 2. The highest BCUT2D eigenvalue weighted by Gasteiger charge is 2.22. The summed E-state index contributed by atoms with van der Waals surface area (Å²) < 4.78 is 21.9. The van der Waals surface area contributed by atoms with Crippen LogP contribution >= 0.6 is 0 Å². The quantitative estimate of drug-likeness (QED) is 0.209. The summed E-state index contributed by atoms with van der Waals surface area (Å²) in [6.45, 7) is 0.936. The molecule has 0 aliphatic rings. The minimum absolute atomic E-state index is 0.105. The molecule has 0 fully saturated rings.